The van der Waals surface area contributed by atoms with Crippen LogP contribution in [0.15, 0.2) is 0 Å². The van der Waals surface area contributed by atoms with Crippen molar-refractivity contribution in [2.75, 3.05) is 20.6 Å². The quantitative estimate of drug-likeness (QED) is 0.510. The Hall–Kier alpha value is -0.770. The second-order valence-electron chi connectivity index (χ2n) is 1.80. The van der Waals surface area contributed by atoms with Crippen molar-refractivity contribution >= 4 is 6.03 Å². The highest BCUT2D eigenvalue weighted by Crippen LogP contribution is 1.63. The number of carbonyl (C=O) groups is 1. The zero-order chi connectivity index (χ0) is 7.86. The van der Waals surface area contributed by atoms with Crippen LogP contribution < -0.4 is 11.5 Å². The molecule has 0 saturated carbocycles. The summed E-state index contributed by atoms with van der Waals surface area (Å²) in [6.07, 6.45) is 0. The number of hydrogen-bond donors (Lipinski definition) is 2. The van der Waals surface area contributed by atoms with E-state index in [1.807, 2.05) is 0 Å². The van der Waals surface area contributed by atoms with Gasteiger partial charge in [0, 0.05) is 0 Å². The molecule has 0 aromatic heterocycles. The summed E-state index contributed by atoms with van der Waals surface area (Å²) in [7, 11) is 4.11. The van der Waals surface area contributed by atoms with Gasteiger partial charge in [-0.15, -0.1) is 0 Å². The smallest absolute Gasteiger partial charge is 0.309 e. The lowest BCUT2D eigenvalue weighted by molar-refractivity contribution is 0.256. The molecule has 0 saturated heterocycles. The molecule has 4 nitrogen and oxygen atoms in total. The summed E-state index contributed by atoms with van der Waals surface area (Å²) < 4.78 is 0. The van der Waals surface area contributed by atoms with Crippen LogP contribution in [0.2, 0.25) is 0 Å². The Bertz CT molecular complexity index is 68.6. The molecule has 0 fully saturated rings. The predicted molar refractivity (Wildman–Crippen MR) is 38.0 cm³/mol. The molecule has 0 bridgehead atoms. The Labute approximate surface area is 55.8 Å². The Morgan fingerprint density at radius 2 is 1.56 bits per heavy atom. The van der Waals surface area contributed by atoms with Gasteiger partial charge in [-0.1, -0.05) is 6.92 Å². The van der Waals surface area contributed by atoms with E-state index < -0.39 is 6.03 Å². The van der Waals surface area contributed by atoms with Gasteiger partial charge in [-0.25, -0.2) is 4.79 Å². The number of amides is 2. The third-order valence-corrected chi connectivity index (χ3v) is 0.632. The van der Waals surface area contributed by atoms with E-state index in [-0.39, 0.29) is 0 Å². The van der Waals surface area contributed by atoms with E-state index >= 15 is 0 Å². The van der Waals surface area contributed by atoms with Crippen molar-refractivity contribution in [3.63, 3.8) is 0 Å². The van der Waals surface area contributed by atoms with Crippen molar-refractivity contribution in [1.82, 2.24) is 4.90 Å². The van der Waals surface area contributed by atoms with Gasteiger partial charge in [-0.05, 0) is 20.6 Å². The Balaban J connectivity index is 0. The average Bonchev–Trinajstić information content (AvgIpc) is 1.65. The molecule has 0 unspecified atom stereocenters. The number of nitrogens with zero attached hydrogens (tertiary/aromatic N) is 1. The Kier molecular flexibility index (Phi) is 8.90. The van der Waals surface area contributed by atoms with Crippen molar-refractivity contribution in [3.8, 4) is 0 Å². The summed E-state index contributed by atoms with van der Waals surface area (Å²) in [5.41, 5.74) is 8.50. The largest absolute Gasteiger partial charge is 0.352 e. The van der Waals surface area contributed by atoms with Crippen LogP contribution in [0.25, 0.3) is 0 Å². The number of carbonyl (C=O) groups excluding carboxylic acids is 1. The number of rotatable bonds is 1. The highest BCUT2D eigenvalue weighted by Gasteiger charge is 1.72. The summed E-state index contributed by atoms with van der Waals surface area (Å²) >= 11 is 0. The number of hydrogen-bond acceptors (Lipinski definition) is 2. The summed E-state index contributed by atoms with van der Waals surface area (Å²) in [6, 6.07) is -0.833. The van der Waals surface area contributed by atoms with E-state index in [9.17, 15) is 0 Å². The summed E-state index contributed by atoms with van der Waals surface area (Å²) in [5, 5.41) is 0. The van der Waals surface area contributed by atoms with Crippen LogP contribution in [-0.4, -0.2) is 31.6 Å². The molecule has 9 heavy (non-hydrogen) atoms. The second-order valence-corrected chi connectivity index (χ2v) is 1.80. The lowest BCUT2D eigenvalue weighted by Gasteiger charge is -2.00. The van der Waals surface area contributed by atoms with Gasteiger partial charge in [0.05, 0.1) is 0 Å². The molecule has 0 radical (unpaired) electrons. The van der Waals surface area contributed by atoms with Gasteiger partial charge in [0.2, 0.25) is 0 Å². The van der Waals surface area contributed by atoms with Crippen molar-refractivity contribution in [1.29, 1.82) is 0 Å². The molecule has 56 valence electrons. The predicted octanol–water partition coefficient (Wildman–Crippen LogP) is -0.408. The molecule has 0 atom stereocenters. The van der Waals surface area contributed by atoms with Gasteiger partial charge in [0.1, 0.15) is 0 Å². The Morgan fingerprint density at radius 1 is 1.44 bits per heavy atom. The fourth-order valence-corrected chi connectivity index (χ4v) is 0. The molecule has 0 spiro atoms. The van der Waals surface area contributed by atoms with Crippen LogP contribution in [0.5, 0.6) is 0 Å². The van der Waals surface area contributed by atoms with E-state index in [4.69, 9.17) is 4.79 Å². The minimum absolute atomic E-state index is 0.833. The van der Waals surface area contributed by atoms with E-state index in [2.05, 4.69) is 37.4 Å². The molecule has 0 aromatic carbocycles. The fourth-order valence-electron chi connectivity index (χ4n) is 0. The molecule has 0 aliphatic rings. The summed E-state index contributed by atoms with van der Waals surface area (Å²) in [4.78, 5) is 11.1. The highest BCUT2D eigenvalue weighted by molar-refractivity contribution is 5.69. The zero-order valence-corrected chi connectivity index (χ0v) is 6.22. The first kappa shape index (κ1) is 11.1. The lowest BCUT2D eigenvalue weighted by atomic mass is 10.7. The minimum Gasteiger partial charge on any atom is -0.352 e. The van der Waals surface area contributed by atoms with Gasteiger partial charge in [-0.2, -0.15) is 0 Å². The first-order valence-corrected chi connectivity index (χ1v) is 2.70. The average molecular weight is 133 g/mol. The van der Waals surface area contributed by atoms with Crippen LogP contribution in [0.1, 0.15) is 6.92 Å². The molecule has 4 N–H and O–H groups in total. The van der Waals surface area contributed by atoms with Crippen LogP contribution >= 0.6 is 0 Å². The van der Waals surface area contributed by atoms with E-state index in [0.717, 1.165) is 6.54 Å². The molecule has 4 heteroatoms. The second kappa shape index (κ2) is 7.23. The molecule has 0 aliphatic heterocycles. The van der Waals surface area contributed by atoms with Crippen molar-refractivity contribution in [3.05, 3.63) is 0 Å². The van der Waals surface area contributed by atoms with Gasteiger partial charge in [0.25, 0.3) is 0 Å². The van der Waals surface area contributed by atoms with Gasteiger partial charge in [0.15, 0.2) is 0 Å². The van der Waals surface area contributed by atoms with Crippen LogP contribution in [0, 0.1) is 0 Å². The third kappa shape index (κ3) is 131. The molecule has 0 aromatic rings. The highest BCUT2D eigenvalue weighted by atomic mass is 16.2. The van der Waals surface area contributed by atoms with E-state index in [1.54, 1.807) is 0 Å². The van der Waals surface area contributed by atoms with Crippen LogP contribution in [0.4, 0.5) is 4.79 Å². The molecular formula is C5H15N3O. The summed E-state index contributed by atoms with van der Waals surface area (Å²) in [5.74, 6) is 0. The first-order chi connectivity index (χ1) is 4.00. The normalized spacial score (nSPS) is 8.00. The molecule has 0 rings (SSSR count). The van der Waals surface area contributed by atoms with Gasteiger partial charge >= 0.3 is 6.03 Å². The van der Waals surface area contributed by atoms with Crippen molar-refractivity contribution < 1.29 is 4.79 Å². The zero-order valence-electron chi connectivity index (χ0n) is 6.22. The van der Waals surface area contributed by atoms with Crippen LogP contribution in [-0.2, 0) is 0 Å². The molecule has 2 amide bonds. The standard InChI is InChI=1S/C4H11N.CH4N2O/c1-4-5(2)3;2-1(3)4/h4H2,1-3H3;(H4,2,3,4). The maximum Gasteiger partial charge on any atom is 0.309 e. The maximum absolute atomic E-state index is 9.00. The van der Waals surface area contributed by atoms with Gasteiger partial charge < -0.3 is 16.4 Å². The maximum atomic E-state index is 9.00. The third-order valence-electron chi connectivity index (χ3n) is 0.632. The monoisotopic (exact) mass is 133 g/mol. The van der Waals surface area contributed by atoms with Crippen molar-refractivity contribution in [2.45, 2.75) is 6.92 Å². The minimum atomic E-state index is -0.833. The van der Waals surface area contributed by atoms with E-state index in [1.165, 1.54) is 0 Å². The van der Waals surface area contributed by atoms with E-state index in [0.29, 0.717) is 0 Å². The first-order valence-electron chi connectivity index (χ1n) is 2.70. The fraction of sp³-hybridized carbons (Fsp3) is 0.800. The number of urea groups is 1. The van der Waals surface area contributed by atoms with Crippen molar-refractivity contribution in [2.24, 2.45) is 11.5 Å². The molecular weight excluding hydrogens is 118 g/mol. The number of primary amides is 2. The van der Waals surface area contributed by atoms with Gasteiger partial charge in [-0.3, -0.25) is 0 Å². The SMILES string of the molecule is CCN(C)C.NC(N)=O. The number of nitrogens with two attached hydrogens (primary N) is 2. The molecule has 0 aliphatic carbocycles. The van der Waals surface area contributed by atoms with Crippen LogP contribution in [0.3, 0.4) is 0 Å². The Morgan fingerprint density at radius 3 is 1.56 bits per heavy atom. The topological polar surface area (TPSA) is 72.3 Å². The molecule has 0 heterocycles. The summed E-state index contributed by atoms with van der Waals surface area (Å²) in [6.45, 7) is 3.26. The lowest BCUT2D eigenvalue weighted by Crippen LogP contribution is -2.18.